The number of carbonyl (C=O) groups is 3. The Morgan fingerprint density at radius 1 is 1.17 bits per heavy atom. The number of hydrogen-bond donors (Lipinski definition) is 0. The minimum Gasteiger partial charge on any atom is -0.466 e. The van der Waals surface area contributed by atoms with E-state index in [1.807, 2.05) is 0 Å². The molecule has 1 fully saturated rings. The van der Waals surface area contributed by atoms with E-state index >= 15 is 0 Å². The van der Waals surface area contributed by atoms with Gasteiger partial charge < -0.3 is 14.5 Å². The predicted molar refractivity (Wildman–Crippen MR) is 101 cm³/mol. The molecule has 0 atom stereocenters. The van der Waals surface area contributed by atoms with Crippen LogP contribution in [0.1, 0.15) is 30.1 Å². The number of esters is 1. The van der Waals surface area contributed by atoms with Gasteiger partial charge in [-0.2, -0.15) is 13.2 Å². The van der Waals surface area contributed by atoms with Gasteiger partial charge in [0.2, 0.25) is 5.91 Å². The van der Waals surface area contributed by atoms with Gasteiger partial charge in [-0.25, -0.2) is 0 Å². The monoisotopic (exact) mass is 432 g/mol. The zero-order chi connectivity index (χ0) is 21.6. The highest BCUT2D eigenvalue weighted by atomic mass is 32.2. The van der Waals surface area contributed by atoms with Crippen LogP contribution in [0.15, 0.2) is 29.2 Å². The summed E-state index contributed by atoms with van der Waals surface area (Å²) in [5.74, 6) is -1.17. The Morgan fingerprint density at radius 3 is 2.28 bits per heavy atom. The number of alkyl halides is 3. The maximum Gasteiger partial charge on any atom is 0.446 e. The van der Waals surface area contributed by atoms with Crippen molar-refractivity contribution < 1.29 is 32.3 Å². The lowest BCUT2D eigenvalue weighted by Crippen LogP contribution is -2.45. The number of rotatable bonds is 6. The van der Waals surface area contributed by atoms with Crippen LogP contribution in [-0.2, 0) is 14.3 Å². The standard InChI is InChI=1S/C19H23F3N2O4S/c1-3-28-18(27)14-8-10-24(11-9-14)16(25)12-23(2)17(26)13-4-6-15(7-5-13)29-19(20,21)22/h4-7,14H,3,8-12H2,1-2H3. The molecule has 1 aromatic rings. The zero-order valence-electron chi connectivity index (χ0n) is 16.2. The quantitative estimate of drug-likeness (QED) is 0.510. The molecule has 1 aliphatic heterocycles. The van der Waals surface area contributed by atoms with Crippen LogP contribution in [0.25, 0.3) is 0 Å². The van der Waals surface area contributed by atoms with Crippen molar-refractivity contribution in [2.24, 2.45) is 5.92 Å². The lowest BCUT2D eigenvalue weighted by Gasteiger charge is -2.32. The van der Waals surface area contributed by atoms with Gasteiger partial charge in [0.25, 0.3) is 5.91 Å². The molecule has 6 nitrogen and oxygen atoms in total. The maximum absolute atomic E-state index is 12.4. The summed E-state index contributed by atoms with van der Waals surface area (Å²) in [6.45, 7) is 2.73. The molecule has 0 aliphatic carbocycles. The topological polar surface area (TPSA) is 66.9 Å². The average Bonchev–Trinajstić information content (AvgIpc) is 2.67. The number of likely N-dealkylation sites (tertiary alicyclic amines) is 1. The number of thioether (sulfide) groups is 1. The van der Waals surface area contributed by atoms with E-state index in [2.05, 4.69) is 0 Å². The van der Waals surface area contributed by atoms with Crippen LogP contribution in [0.4, 0.5) is 13.2 Å². The Labute approximate surface area is 171 Å². The van der Waals surface area contributed by atoms with Gasteiger partial charge in [-0.05, 0) is 55.8 Å². The first-order valence-corrected chi connectivity index (χ1v) is 9.98. The van der Waals surface area contributed by atoms with Crippen LogP contribution in [0.3, 0.4) is 0 Å². The molecule has 29 heavy (non-hydrogen) atoms. The van der Waals surface area contributed by atoms with Crippen molar-refractivity contribution in [2.75, 3.05) is 33.3 Å². The number of carbonyl (C=O) groups excluding carboxylic acids is 3. The normalized spacial score (nSPS) is 15.1. The van der Waals surface area contributed by atoms with Gasteiger partial charge in [-0.1, -0.05) is 0 Å². The molecule has 0 bridgehead atoms. The molecule has 0 spiro atoms. The first kappa shape index (κ1) is 23.1. The summed E-state index contributed by atoms with van der Waals surface area (Å²) >= 11 is -0.255. The van der Waals surface area contributed by atoms with Crippen molar-refractivity contribution in [1.82, 2.24) is 9.80 Å². The Hall–Kier alpha value is -2.23. The van der Waals surface area contributed by atoms with Crippen molar-refractivity contribution in [3.63, 3.8) is 0 Å². The van der Waals surface area contributed by atoms with Gasteiger partial charge in [0.1, 0.15) is 0 Å². The van der Waals surface area contributed by atoms with Gasteiger partial charge >= 0.3 is 11.5 Å². The molecule has 160 valence electrons. The number of piperidine rings is 1. The van der Waals surface area contributed by atoms with Gasteiger partial charge in [0.05, 0.1) is 19.1 Å². The summed E-state index contributed by atoms with van der Waals surface area (Å²) in [4.78, 5) is 39.5. The van der Waals surface area contributed by atoms with Crippen LogP contribution < -0.4 is 0 Å². The zero-order valence-corrected chi connectivity index (χ0v) is 17.0. The Bertz CT molecular complexity index is 732. The number of nitrogens with zero attached hydrogens (tertiary/aromatic N) is 2. The molecule has 1 heterocycles. The number of likely N-dealkylation sites (N-methyl/N-ethyl adjacent to an activating group) is 1. The molecule has 0 aromatic heterocycles. The molecule has 1 aromatic carbocycles. The second-order valence-corrected chi connectivity index (χ2v) is 7.78. The molecule has 0 saturated carbocycles. The summed E-state index contributed by atoms with van der Waals surface area (Å²) in [5.41, 5.74) is -4.19. The van der Waals surface area contributed by atoms with E-state index in [-0.39, 0.29) is 46.6 Å². The fraction of sp³-hybridized carbons (Fsp3) is 0.526. The molecule has 10 heteroatoms. The highest BCUT2D eigenvalue weighted by molar-refractivity contribution is 8.00. The van der Waals surface area contributed by atoms with E-state index in [1.54, 1.807) is 11.8 Å². The molecular formula is C19H23F3N2O4S. The van der Waals surface area contributed by atoms with Crippen LogP contribution in [0.2, 0.25) is 0 Å². The van der Waals surface area contributed by atoms with Gasteiger partial charge in [-0.3, -0.25) is 14.4 Å². The van der Waals surface area contributed by atoms with Crippen molar-refractivity contribution in [3.8, 4) is 0 Å². The van der Waals surface area contributed by atoms with E-state index < -0.39 is 11.4 Å². The first-order valence-electron chi connectivity index (χ1n) is 9.16. The summed E-state index contributed by atoms with van der Waals surface area (Å²) in [5, 5.41) is 0. The molecule has 0 N–H and O–H groups in total. The molecule has 2 amide bonds. The smallest absolute Gasteiger partial charge is 0.446 e. The fourth-order valence-electron chi connectivity index (χ4n) is 3.02. The second-order valence-electron chi connectivity index (χ2n) is 6.64. The predicted octanol–water partition coefficient (Wildman–Crippen LogP) is 3.17. The summed E-state index contributed by atoms with van der Waals surface area (Å²) in [6.07, 6.45) is 1.03. The third-order valence-corrected chi connectivity index (χ3v) is 5.26. The number of halogens is 3. The second kappa shape index (κ2) is 10.00. The van der Waals surface area contributed by atoms with Crippen LogP contribution in [-0.4, -0.2) is 66.4 Å². The largest absolute Gasteiger partial charge is 0.466 e. The lowest BCUT2D eigenvalue weighted by atomic mass is 9.97. The Morgan fingerprint density at radius 2 is 1.76 bits per heavy atom. The van der Waals surface area contributed by atoms with Crippen molar-refractivity contribution >= 4 is 29.5 Å². The van der Waals surface area contributed by atoms with E-state index in [0.29, 0.717) is 32.5 Å². The van der Waals surface area contributed by atoms with E-state index in [1.165, 1.54) is 36.2 Å². The molecule has 0 unspecified atom stereocenters. The average molecular weight is 432 g/mol. The molecule has 0 radical (unpaired) electrons. The van der Waals surface area contributed by atoms with Crippen molar-refractivity contribution in [3.05, 3.63) is 29.8 Å². The summed E-state index contributed by atoms with van der Waals surface area (Å²) in [6, 6.07) is 5.06. The van der Waals surface area contributed by atoms with E-state index in [9.17, 15) is 27.6 Å². The Kier molecular flexibility index (Phi) is 7.95. The van der Waals surface area contributed by atoms with E-state index in [4.69, 9.17) is 4.74 Å². The highest BCUT2D eigenvalue weighted by Crippen LogP contribution is 2.36. The van der Waals surface area contributed by atoms with E-state index in [0.717, 1.165) is 0 Å². The minimum absolute atomic E-state index is 0.0164. The Balaban J connectivity index is 1.86. The minimum atomic E-state index is -4.39. The van der Waals surface area contributed by atoms with Crippen LogP contribution in [0.5, 0.6) is 0 Å². The van der Waals surface area contributed by atoms with Gasteiger partial charge in [-0.15, -0.1) is 0 Å². The van der Waals surface area contributed by atoms with Crippen LogP contribution in [0, 0.1) is 5.92 Å². The molecule has 1 aliphatic rings. The fourth-order valence-corrected chi connectivity index (χ4v) is 3.56. The first-order chi connectivity index (χ1) is 13.6. The number of hydrogen-bond acceptors (Lipinski definition) is 5. The number of amides is 2. The molecule has 1 saturated heterocycles. The molecule has 2 rings (SSSR count). The third-order valence-electron chi connectivity index (χ3n) is 4.52. The number of ether oxygens (including phenoxy) is 1. The van der Waals surface area contributed by atoms with Crippen LogP contribution >= 0.6 is 11.8 Å². The highest BCUT2D eigenvalue weighted by Gasteiger charge is 2.30. The van der Waals surface area contributed by atoms with Crippen molar-refractivity contribution in [2.45, 2.75) is 30.2 Å². The third kappa shape index (κ3) is 6.95. The summed E-state index contributed by atoms with van der Waals surface area (Å²) < 4.78 is 42.1. The molecular weight excluding hydrogens is 409 g/mol. The summed E-state index contributed by atoms with van der Waals surface area (Å²) in [7, 11) is 1.46. The van der Waals surface area contributed by atoms with Gasteiger partial charge in [0, 0.05) is 30.6 Å². The maximum atomic E-state index is 12.4. The SMILES string of the molecule is CCOC(=O)C1CCN(C(=O)CN(C)C(=O)c2ccc(SC(F)(F)F)cc2)CC1. The van der Waals surface area contributed by atoms with Gasteiger partial charge in [0.15, 0.2) is 0 Å². The van der Waals surface area contributed by atoms with Crippen molar-refractivity contribution in [1.29, 1.82) is 0 Å². The lowest BCUT2D eigenvalue weighted by molar-refractivity contribution is -0.151. The number of benzene rings is 1.